The number of nitrogens with one attached hydrogen (secondary N) is 1. The molecule has 1 aromatic heterocycles. The lowest BCUT2D eigenvalue weighted by atomic mass is 9.87. The Balaban J connectivity index is 1.72. The summed E-state index contributed by atoms with van der Waals surface area (Å²) in [6.07, 6.45) is 4.28. The van der Waals surface area contributed by atoms with E-state index in [-0.39, 0.29) is 6.10 Å². The van der Waals surface area contributed by atoms with Crippen LogP contribution in [0.4, 0.5) is 5.82 Å². The Morgan fingerprint density at radius 2 is 2.26 bits per heavy atom. The van der Waals surface area contributed by atoms with Crippen LogP contribution in [0.5, 0.6) is 5.88 Å². The molecule has 2 aliphatic rings. The highest BCUT2D eigenvalue weighted by atomic mass is 16.5. The third-order valence-corrected chi connectivity index (χ3v) is 4.08. The van der Waals surface area contributed by atoms with E-state index in [0.29, 0.717) is 11.3 Å². The van der Waals surface area contributed by atoms with E-state index in [2.05, 4.69) is 20.2 Å². The first-order chi connectivity index (χ1) is 9.17. The molecular weight excluding hydrogens is 240 g/mol. The summed E-state index contributed by atoms with van der Waals surface area (Å²) in [5.41, 5.74) is 0.462. The highest BCUT2D eigenvalue weighted by Gasteiger charge is 2.40. The first-order valence-electron chi connectivity index (χ1n) is 7.11. The average molecular weight is 262 g/mol. The Morgan fingerprint density at radius 3 is 3.00 bits per heavy atom. The fourth-order valence-electron chi connectivity index (χ4n) is 3.08. The normalized spacial score (nSPS) is 26.6. The standard InChI is InChI=1S/C14H22N4O/c1-11(2)19-13-7-12(16-10-17-13)18-6-4-14(9-18)3-5-15-8-14/h7,10-11,15H,3-6,8-9H2,1-2H3. The Kier molecular flexibility index (Phi) is 3.31. The lowest BCUT2D eigenvalue weighted by Gasteiger charge is -2.23. The summed E-state index contributed by atoms with van der Waals surface area (Å²) in [5.74, 6) is 1.67. The summed E-state index contributed by atoms with van der Waals surface area (Å²) in [4.78, 5) is 10.9. The van der Waals surface area contributed by atoms with E-state index in [1.807, 2.05) is 19.9 Å². The average Bonchev–Trinajstić information content (AvgIpc) is 3.00. The van der Waals surface area contributed by atoms with Crippen molar-refractivity contribution in [1.82, 2.24) is 15.3 Å². The minimum Gasteiger partial charge on any atom is -0.475 e. The SMILES string of the molecule is CC(C)Oc1cc(N2CCC3(CCNC3)C2)ncn1. The monoisotopic (exact) mass is 262 g/mol. The first-order valence-corrected chi connectivity index (χ1v) is 7.11. The number of aromatic nitrogens is 2. The van der Waals surface area contributed by atoms with Gasteiger partial charge in [-0.3, -0.25) is 0 Å². The minimum atomic E-state index is 0.145. The van der Waals surface area contributed by atoms with Gasteiger partial charge in [0.05, 0.1) is 6.10 Å². The summed E-state index contributed by atoms with van der Waals surface area (Å²) < 4.78 is 5.64. The van der Waals surface area contributed by atoms with Crippen molar-refractivity contribution < 1.29 is 4.74 Å². The second-order valence-corrected chi connectivity index (χ2v) is 5.98. The van der Waals surface area contributed by atoms with Crippen LogP contribution in [-0.2, 0) is 0 Å². The number of rotatable bonds is 3. The van der Waals surface area contributed by atoms with Gasteiger partial charge in [0.25, 0.3) is 0 Å². The molecular formula is C14H22N4O. The van der Waals surface area contributed by atoms with Crippen LogP contribution in [-0.4, -0.2) is 42.3 Å². The Morgan fingerprint density at radius 1 is 1.37 bits per heavy atom. The van der Waals surface area contributed by atoms with Crippen molar-refractivity contribution in [3.63, 3.8) is 0 Å². The maximum Gasteiger partial charge on any atom is 0.218 e. The lowest BCUT2D eigenvalue weighted by molar-refractivity contribution is 0.232. The van der Waals surface area contributed by atoms with Gasteiger partial charge >= 0.3 is 0 Å². The molecule has 3 heterocycles. The van der Waals surface area contributed by atoms with E-state index < -0.39 is 0 Å². The van der Waals surface area contributed by atoms with E-state index in [4.69, 9.17) is 4.74 Å². The molecule has 2 saturated heterocycles. The summed E-state index contributed by atoms with van der Waals surface area (Å²) in [7, 11) is 0. The number of hydrogen-bond acceptors (Lipinski definition) is 5. The number of ether oxygens (including phenoxy) is 1. The van der Waals surface area contributed by atoms with Crippen LogP contribution in [0.2, 0.25) is 0 Å². The van der Waals surface area contributed by atoms with Crippen LogP contribution in [0.3, 0.4) is 0 Å². The molecule has 3 rings (SSSR count). The van der Waals surface area contributed by atoms with Gasteiger partial charge in [0.2, 0.25) is 5.88 Å². The second kappa shape index (κ2) is 4.96. The molecule has 0 saturated carbocycles. The number of anilines is 1. The smallest absolute Gasteiger partial charge is 0.218 e. The number of hydrogen-bond donors (Lipinski definition) is 1. The zero-order chi connectivity index (χ0) is 13.3. The van der Waals surface area contributed by atoms with Gasteiger partial charge in [-0.15, -0.1) is 0 Å². The maximum absolute atomic E-state index is 5.64. The highest BCUT2D eigenvalue weighted by Crippen LogP contribution is 2.37. The molecule has 0 radical (unpaired) electrons. The van der Waals surface area contributed by atoms with Gasteiger partial charge in [0.15, 0.2) is 0 Å². The Hall–Kier alpha value is -1.36. The van der Waals surface area contributed by atoms with Gasteiger partial charge in [-0.05, 0) is 33.2 Å². The third kappa shape index (κ3) is 2.66. The molecule has 1 N–H and O–H groups in total. The topological polar surface area (TPSA) is 50.3 Å². The van der Waals surface area contributed by atoms with E-state index in [1.165, 1.54) is 12.8 Å². The van der Waals surface area contributed by atoms with Gasteiger partial charge in [-0.25, -0.2) is 9.97 Å². The second-order valence-electron chi connectivity index (χ2n) is 5.98. The quantitative estimate of drug-likeness (QED) is 0.893. The van der Waals surface area contributed by atoms with Crippen molar-refractivity contribution in [3.05, 3.63) is 12.4 Å². The van der Waals surface area contributed by atoms with Crippen LogP contribution in [0.15, 0.2) is 12.4 Å². The molecule has 19 heavy (non-hydrogen) atoms. The molecule has 5 heteroatoms. The van der Waals surface area contributed by atoms with Crippen molar-refractivity contribution >= 4 is 5.82 Å². The van der Waals surface area contributed by atoms with Crippen LogP contribution in [0, 0.1) is 5.41 Å². The molecule has 0 amide bonds. The van der Waals surface area contributed by atoms with E-state index in [9.17, 15) is 0 Å². The van der Waals surface area contributed by atoms with Gasteiger partial charge in [0.1, 0.15) is 12.1 Å². The summed E-state index contributed by atoms with van der Waals surface area (Å²) in [6, 6.07) is 1.96. The zero-order valence-electron chi connectivity index (χ0n) is 11.7. The minimum absolute atomic E-state index is 0.145. The van der Waals surface area contributed by atoms with Crippen molar-refractivity contribution in [2.75, 3.05) is 31.1 Å². The van der Waals surface area contributed by atoms with E-state index in [0.717, 1.165) is 32.0 Å². The van der Waals surface area contributed by atoms with E-state index in [1.54, 1.807) is 6.33 Å². The van der Waals surface area contributed by atoms with E-state index >= 15 is 0 Å². The van der Waals surface area contributed by atoms with Gasteiger partial charge < -0.3 is 15.0 Å². The lowest BCUT2D eigenvalue weighted by Crippen LogP contribution is -2.29. The molecule has 2 aliphatic heterocycles. The van der Waals surface area contributed by atoms with Crippen molar-refractivity contribution in [2.45, 2.75) is 32.8 Å². The Labute approximate surface area is 114 Å². The molecule has 104 valence electrons. The third-order valence-electron chi connectivity index (χ3n) is 4.08. The van der Waals surface area contributed by atoms with Crippen molar-refractivity contribution in [1.29, 1.82) is 0 Å². The van der Waals surface area contributed by atoms with Gasteiger partial charge in [-0.2, -0.15) is 0 Å². The van der Waals surface area contributed by atoms with Crippen LogP contribution in [0.1, 0.15) is 26.7 Å². The fourth-order valence-corrected chi connectivity index (χ4v) is 3.08. The predicted molar refractivity (Wildman–Crippen MR) is 74.5 cm³/mol. The molecule has 1 atom stereocenters. The first kappa shape index (κ1) is 12.7. The molecule has 0 bridgehead atoms. The molecule has 0 aliphatic carbocycles. The van der Waals surface area contributed by atoms with Crippen LogP contribution in [0.25, 0.3) is 0 Å². The van der Waals surface area contributed by atoms with Gasteiger partial charge in [-0.1, -0.05) is 0 Å². The molecule has 1 unspecified atom stereocenters. The van der Waals surface area contributed by atoms with Crippen LogP contribution < -0.4 is 15.0 Å². The molecule has 1 aromatic rings. The summed E-state index contributed by atoms with van der Waals surface area (Å²) in [5, 5.41) is 3.48. The van der Waals surface area contributed by atoms with Crippen molar-refractivity contribution in [2.24, 2.45) is 5.41 Å². The van der Waals surface area contributed by atoms with Crippen molar-refractivity contribution in [3.8, 4) is 5.88 Å². The largest absolute Gasteiger partial charge is 0.475 e. The van der Waals surface area contributed by atoms with Gasteiger partial charge in [0, 0.05) is 31.1 Å². The maximum atomic E-state index is 5.64. The summed E-state index contributed by atoms with van der Waals surface area (Å²) in [6.45, 7) is 8.49. The molecule has 1 spiro atoms. The zero-order valence-corrected chi connectivity index (χ0v) is 11.7. The summed E-state index contributed by atoms with van der Waals surface area (Å²) >= 11 is 0. The molecule has 0 aromatic carbocycles. The molecule has 5 nitrogen and oxygen atoms in total. The molecule has 2 fully saturated rings. The predicted octanol–water partition coefficient (Wildman–Crippen LogP) is 1.45. The Bertz CT molecular complexity index is 443. The fraction of sp³-hybridized carbons (Fsp3) is 0.714. The highest BCUT2D eigenvalue weighted by molar-refractivity contribution is 5.42. The van der Waals surface area contributed by atoms with Crippen LogP contribution >= 0.6 is 0 Å². The number of nitrogens with zero attached hydrogens (tertiary/aromatic N) is 3.